The van der Waals surface area contributed by atoms with E-state index in [4.69, 9.17) is 25.2 Å². The third kappa shape index (κ3) is 14.4. The van der Waals surface area contributed by atoms with Gasteiger partial charge in [0.1, 0.15) is 23.7 Å². The summed E-state index contributed by atoms with van der Waals surface area (Å²) in [6.07, 6.45) is 0.819. The van der Waals surface area contributed by atoms with Crippen molar-refractivity contribution in [1.29, 1.82) is 0 Å². The van der Waals surface area contributed by atoms with Crippen molar-refractivity contribution >= 4 is 52.2 Å². The molecule has 0 aliphatic carbocycles. The average Bonchev–Trinajstić information content (AvgIpc) is 3.02. The predicted octanol–water partition coefficient (Wildman–Crippen LogP) is 1.84. The molecule has 49 heavy (non-hydrogen) atoms. The van der Waals surface area contributed by atoms with Crippen LogP contribution in [0.4, 0.5) is 5.69 Å². The summed E-state index contributed by atoms with van der Waals surface area (Å²) in [4.78, 5) is 83.7. The van der Waals surface area contributed by atoms with Crippen LogP contribution >= 0.6 is 0 Å². The number of carboxylic acids is 2. The molecule has 3 unspecified atom stereocenters. The number of rotatable bonds is 16. The number of unbranched alkanes of at least 4 members (excludes halogenated alkanes) is 1. The number of amides is 4. The number of nitrogens with two attached hydrogens (primary N) is 1. The quantitative estimate of drug-likeness (QED) is 0.0849. The van der Waals surface area contributed by atoms with Gasteiger partial charge in [0.25, 0.3) is 5.97 Å². The van der Waals surface area contributed by atoms with Crippen molar-refractivity contribution in [2.24, 2.45) is 5.73 Å². The van der Waals surface area contributed by atoms with Gasteiger partial charge in [0.15, 0.2) is 0 Å². The largest absolute Gasteiger partial charge is 0.481 e. The fraction of sp³-hybridized carbons (Fsp3) is 0.382. The van der Waals surface area contributed by atoms with Gasteiger partial charge >= 0.3 is 11.6 Å². The van der Waals surface area contributed by atoms with E-state index in [0.29, 0.717) is 36.0 Å². The first kappa shape index (κ1) is 39.6. The molecule has 15 nitrogen and oxygen atoms in total. The molecule has 3 rings (SSSR count). The standard InChI is InChI=1S/C32H39N5O8.C2H4O2/c1-19-16-29(41)45-26-18-22(11-12-23(19)26)35-31(43)24(10-6-7-15-33)36-32(44)25(17-21-8-4-3-5-9-21)37-30(42)20(2)34-27(38)13-14-28(39)40;1-2(3)4/h3-5,8-9,11-12,16,18,20,24-25H,6-7,10,13-15,17,33H2,1-2H3,(H,34,38)(H,35,43)(H,36,44)(H,37,42)(H,39,40);1H3,(H,3,4). The van der Waals surface area contributed by atoms with Gasteiger partial charge in [-0.1, -0.05) is 30.3 Å². The van der Waals surface area contributed by atoms with Crippen LogP contribution in [-0.4, -0.2) is 70.5 Å². The lowest BCUT2D eigenvalue weighted by Gasteiger charge is -2.25. The molecule has 4 amide bonds. The van der Waals surface area contributed by atoms with Crippen LogP contribution in [0.1, 0.15) is 57.1 Å². The summed E-state index contributed by atoms with van der Waals surface area (Å²) in [5.41, 5.74) is 7.27. The summed E-state index contributed by atoms with van der Waals surface area (Å²) < 4.78 is 5.28. The number of hydrogen-bond donors (Lipinski definition) is 7. The number of anilines is 1. The van der Waals surface area contributed by atoms with Crippen LogP contribution in [-0.2, 0) is 35.2 Å². The number of carbonyl (C=O) groups excluding carboxylic acids is 4. The molecule has 8 N–H and O–H groups in total. The van der Waals surface area contributed by atoms with Gasteiger partial charge in [-0.2, -0.15) is 0 Å². The van der Waals surface area contributed by atoms with Crippen molar-refractivity contribution < 1.29 is 43.4 Å². The molecule has 1 heterocycles. The summed E-state index contributed by atoms with van der Waals surface area (Å²) >= 11 is 0. The normalized spacial score (nSPS) is 12.3. The van der Waals surface area contributed by atoms with E-state index in [-0.39, 0.29) is 25.7 Å². The summed E-state index contributed by atoms with van der Waals surface area (Å²) in [6.45, 7) is 4.68. The Morgan fingerprint density at radius 2 is 1.49 bits per heavy atom. The lowest BCUT2D eigenvalue weighted by atomic mass is 10.0. The number of aryl methyl sites for hydroxylation is 1. The minimum atomic E-state index is -1.14. The second kappa shape index (κ2) is 19.9. The number of benzene rings is 2. The van der Waals surface area contributed by atoms with E-state index in [9.17, 15) is 28.8 Å². The summed E-state index contributed by atoms with van der Waals surface area (Å²) in [6, 6.07) is 12.1. The Morgan fingerprint density at radius 1 is 0.837 bits per heavy atom. The van der Waals surface area contributed by atoms with Gasteiger partial charge in [-0.25, -0.2) is 4.79 Å². The number of carbonyl (C=O) groups is 6. The monoisotopic (exact) mass is 681 g/mol. The maximum Gasteiger partial charge on any atom is 0.336 e. The van der Waals surface area contributed by atoms with E-state index >= 15 is 0 Å². The second-order valence-electron chi connectivity index (χ2n) is 11.2. The van der Waals surface area contributed by atoms with Crippen molar-refractivity contribution in [3.63, 3.8) is 0 Å². The summed E-state index contributed by atoms with van der Waals surface area (Å²) in [5.74, 6) is -4.40. The molecule has 0 fully saturated rings. The number of hydrogen-bond acceptors (Lipinski definition) is 9. The van der Waals surface area contributed by atoms with E-state index in [0.717, 1.165) is 18.1 Å². The number of nitrogens with one attached hydrogen (secondary N) is 4. The first-order valence-corrected chi connectivity index (χ1v) is 15.6. The Morgan fingerprint density at radius 3 is 2.12 bits per heavy atom. The van der Waals surface area contributed by atoms with Crippen molar-refractivity contribution in [1.82, 2.24) is 16.0 Å². The van der Waals surface area contributed by atoms with Crippen molar-refractivity contribution in [3.8, 4) is 0 Å². The highest BCUT2D eigenvalue weighted by Crippen LogP contribution is 2.21. The van der Waals surface area contributed by atoms with Crippen LogP contribution < -0.4 is 32.6 Å². The maximum absolute atomic E-state index is 13.6. The van der Waals surface area contributed by atoms with E-state index in [1.54, 1.807) is 43.3 Å². The highest BCUT2D eigenvalue weighted by Gasteiger charge is 2.29. The summed E-state index contributed by atoms with van der Waals surface area (Å²) in [7, 11) is 0. The minimum Gasteiger partial charge on any atom is -0.481 e. The molecule has 0 saturated heterocycles. The Bertz CT molecular complexity index is 1670. The lowest BCUT2D eigenvalue weighted by molar-refractivity contribution is -0.139. The highest BCUT2D eigenvalue weighted by atomic mass is 16.4. The van der Waals surface area contributed by atoms with Gasteiger partial charge < -0.3 is 41.6 Å². The molecule has 3 atom stereocenters. The van der Waals surface area contributed by atoms with Crippen LogP contribution in [0.25, 0.3) is 11.0 Å². The van der Waals surface area contributed by atoms with E-state index < -0.39 is 59.3 Å². The lowest BCUT2D eigenvalue weighted by Crippen LogP contribution is -2.56. The van der Waals surface area contributed by atoms with Crippen molar-refractivity contribution in [3.05, 3.63) is 76.1 Å². The average molecular weight is 682 g/mol. The molecular weight excluding hydrogens is 638 g/mol. The molecule has 0 aliphatic heterocycles. The van der Waals surface area contributed by atoms with Crippen LogP contribution in [0.15, 0.2) is 63.8 Å². The van der Waals surface area contributed by atoms with E-state index in [2.05, 4.69) is 21.3 Å². The third-order valence-corrected chi connectivity index (χ3v) is 7.05. The molecule has 0 bridgehead atoms. The second-order valence-corrected chi connectivity index (χ2v) is 11.2. The molecule has 0 spiro atoms. The molecule has 2 aromatic carbocycles. The van der Waals surface area contributed by atoms with Crippen LogP contribution in [0, 0.1) is 6.92 Å². The minimum absolute atomic E-state index is 0.0955. The maximum atomic E-state index is 13.6. The fourth-order valence-electron chi connectivity index (χ4n) is 4.62. The number of fused-ring (bicyclic) bond motifs is 1. The Kier molecular flexibility index (Phi) is 16.1. The molecule has 3 aromatic rings. The first-order chi connectivity index (χ1) is 23.2. The van der Waals surface area contributed by atoms with Crippen LogP contribution in [0.2, 0.25) is 0 Å². The van der Waals surface area contributed by atoms with E-state index in [1.807, 2.05) is 6.07 Å². The van der Waals surface area contributed by atoms with Crippen LogP contribution in [0.5, 0.6) is 0 Å². The number of aliphatic carboxylic acids is 2. The van der Waals surface area contributed by atoms with Crippen LogP contribution in [0.3, 0.4) is 0 Å². The Balaban J connectivity index is 0.00000197. The van der Waals surface area contributed by atoms with Crippen molar-refractivity contribution in [2.75, 3.05) is 11.9 Å². The van der Waals surface area contributed by atoms with Gasteiger partial charge in [-0.05, 0) is 62.9 Å². The topological polar surface area (TPSA) is 247 Å². The third-order valence-electron chi connectivity index (χ3n) is 7.05. The van der Waals surface area contributed by atoms with Gasteiger partial charge in [0, 0.05) is 43.0 Å². The van der Waals surface area contributed by atoms with Gasteiger partial charge in [0.05, 0.1) is 6.42 Å². The Hall–Kier alpha value is -5.57. The fourth-order valence-corrected chi connectivity index (χ4v) is 4.62. The smallest absolute Gasteiger partial charge is 0.336 e. The number of carboxylic acid groups (broad SMARTS) is 2. The Labute approximate surface area is 282 Å². The van der Waals surface area contributed by atoms with Gasteiger partial charge in [-0.15, -0.1) is 0 Å². The molecule has 0 saturated carbocycles. The molecule has 15 heteroatoms. The molecule has 1 aromatic heterocycles. The van der Waals surface area contributed by atoms with Gasteiger partial charge in [0.2, 0.25) is 23.6 Å². The van der Waals surface area contributed by atoms with Gasteiger partial charge in [-0.3, -0.25) is 28.8 Å². The molecule has 0 radical (unpaired) electrons. The molecule has 264 valence electrons. The van der Waals surface area contributed by atoms with E-state index in [1.165, 1.54) is 19.1 Å². The predicted molar refractivity (Wildman–Crippen MR) is 181 cm³/mol. The molecule has 0 aliphatic rings. The van der Waals surface area contributed by atoms with Crippen molar-refractivity contribution in [2.45, 2.75) is 77.4 Å². The zero-order valence-corrected chi connectivity index (χ0v) is 27.6. The zero-order chi connectivity index (χ0) is 36.5. The molecular formula is C34H43N5O10. The highest BCUT2D eigenvalue weighted by molar-refractivity contribution is 6.00. The SMILES string of the molecule is CC(=O)O.Cc1cc(=O)oc2cc(NC(=O)C(CCCCN)NC(=O)C(Cc3ccccc3)NC(=O)C(C)NC(=O)CCC(=O)O)ccc12. The summed E-state index contributed by atoms with van der Waals surface area (Å²) in [5, 5.41) is 27.5. The first-order valence-electron chi connectivity index (χ1n) is 15.6. The zero-order valence-electron chi connectivity index (χ0n) is 27.6.